The number of aromatic nitrogens is 1. The lowest BCUT2D eigenvalue weighted by molar-refractivity contribution is 0.382. The Hall–Kier alpha value is -2.03. The van der Waals surface area contributed by atoms with E-state index in [1.807, 2.05) is 30.3 Å². The molecule has 18 heavy (non-hydrogen) atoms. The summed E-state index contributed by atoms with van der Waals surface area (Å²) in [5, 5.41) is 0. The molecule has 0 aliphatic heterocycles. The molecular weight excluding hydrogens is 226 g/mol. The van der Waals surface area contributed by atoms with E-state index in [0.717, 1.165) is 18.6 Å². The molecule has 3 nitrogen and oxygen atoms in total. The van der Waals surface area contributed by atoms with Gasteiger partial charge in [-0.15, -0.1) is 0 Å². The van der Waals surface area contributed by atoms with Gasteiger partial charge in [0.1, 0.15) is 5.75 Å². The molecule has 0 unspecified atom stereocenters. The molecular formula is C15H15NO2. The van der Waals surface area contributed by atoms with Gasteiger partial charge in [0.25, 0.3) is 0 Å². The van der Waals surface area contributed by atoms with Crippen molar-refractivity contribution in [3.63, 3.8) is 0 Å². The average molecular weight is 241 g/mol. The van der Waals surface area contributed by atoms with Gasteiger partial charge < -0.3 is 9.47 Å². The highest BCUT2D eigenvalue weighted by Gasteiger charge is 2.15. The Morgan fingerprint density at radius 3 is 2.72 bits per heavy atom. The Balaban J connectivity index is 1.90. The van der Waals surface area contributed by atoms with Crippen LogP contribution in [0.15, 0.2) is 36.4 Å². The van der Waals surface area contributed by atoms with Gasteiger partial charge in [0.05, 0.1) is 7.11 Å². The van der Waals surface area contributed by atoms with Crippen molar-refractivity contribution in [2.45, 2.75) is 19.3 Å². The van der Waals surface area contributed by atoms with E-state index in [-0.39, 0.29) is 0 Å². The minimum atomic E-state index is 0.570. The van der Waals surface area contributed by atoms with Crippen LogP contribution < -0.4 is 9.47 Å². The van der Waals surface area contributed by atoms with Crippen molar-refractivity contribution in [3.8, 4) is 17.5 Å². The first-order chi connectivity index (χ1) is 8.86. The molecule has 0 saturated carbocycles. The van der Waals surface area contributed by atoms with Crippen LogP contribution >= 0.6 is 0 Å². The molecule has 0 bridgehead atoms. The molecule has 0 atom stereocenters. The normalized spacial score (nSPS) is 13.2. The van der Waals surface area contributed by atoms with E-state index in [2.05, 4.69) is 11.1 Å². The first kappa shape index (κ1) is 11.1. The molecule has 0 saturated heterocycles. The van der Waals surface area contributed by atoms with Gasteiger partial charge in [0, 0.05) is 12.1 Å². The average Bonchev–Trinajstić information content (AvgIpc) is 2.88. The fourth-order valence-corrected chi connectivity index (χ4v) is 2.36. The van der Waals surface area contributed by atoms with Gasteiger partial charge in [-0.3, -0.25) is 0 Å². The number of benzene rings is 1. The first-order valence-electron chi connectivity index (χ1n) is 6.16. The maximum absolute atomic E-state index is 5.87. The number of fused-ring (bicyclic) bond motifs is 1. The number of methoxy groups -OCH3 is 1. The zero-order valence-corrected chi connectivity index (χ0v) is 10.3. The van der Waals surface area contributed by atoms with Gasteiger partial charge >= 0.3 is 0 Å². The largest absolute Gasteiger partial charge is 0.481 e. The third kappa shape index (κ3) is 2.04. The van der Waals surface area contributed by atoms with Crippen molar-refractivity contribution in [2.24, 2.45) is 0 Å². The van der Waals surface area contributed by atoms with Crippen molar-refractivity contribution < 1.29 is 9.47 Å². The second kappa shape index (κ2) is 4.69. The molecule has 0 N–H and O–H groups in total. The third-order valence-electron chi connectivity index (χ3n) is 3.22. The predicted octanol–water partition coefficient (Wildman–Crippen LogP) is 3.37. The zero-order valence-electron chi connectivity index (χ0n) is 10.3. The van der Waals surface area contributed by atoms with Crippen molar-refractivity contribution in [1.82, 2.24) is 4.98 Å². The van der Waals surface area contributed by atoms with Gasteiger partial charge in [0.15, 0.2) is 0 Å². The minimum Gasteiger partial charge on any atom is -0.481 e. The van der Waals surface area contributed by atoms with Crippen LogP contribution in [-0.2, 0) is 12.8 Å². The van der Waals surface area contributed by atoms with Crippen LogP contribution in [0.4, 0.5) is 0 Å². The summed E-state index contributed by atoms with van der Waals surface area (Å²) >= 11 is 0. The molecule has 2 aromatic rings. The monoisotopic (exact) mass is 241 g/mol. The quantitative estimate of drug-likeness (QED) is 0.825. The summed E-state index contributed by atoms with van der Waals surface area (Å²) < 4.78 is 11.0. The van der Waals surface area contributed by atoms with Crippen molar-refractivity contribution in [2.75, 3.05) is 7.11 Å². The molecule has 1 aliphatic rings. The predicted molar refractivity (Wildman–Crippen MR) is 69.3 cm³/mol. The standard InChI is InChI=1S/C15H15NO2/c1-17-14-9-4-10-15(16-14)18-13-8-3-6-11-5-2-7-12(11)13/h3-4,6,8-10H,2,5,7H2,1H3. The maximum Gasteiger partial charge on any atom is 0.222 e. The summed E-state index contributed by atoms with van der Waals surface area (Å²) in [6, 6.07) is 11.8. The highest BCUT2D eigenvalue weighted by Crippen LogP contribution is 2.33. The zero-order chi connectivity index (χ0) is 12.4. The van der Waals surface area contributed by atoms with Crippen LogP contribution in [0.25, 0.3) is 0 Å². The van der Waals surface area contributed by atoms with Crippen LogP contribution in [0, 0.1) is 0 Å². The van der Waals surface area contributed by atoms with Gasteiger partial charge in [-0.25, -0.2) is 0 Å². The van der Waals surface area contributed by atoms with E-state index in [4.69, 9.17) is 9.47 Å². The van der Waals surface area contributed by atoms with E-state index in [9.17, 15) is 0 Å². The van der Waals surface area contributed by atoms with E-state index >= 15 is 0 Å². The summed E-state index contributed by atoms with van der Waals surface area (Å²) in [4.78, 5) is 4.27. The van der Waals surface area contributed by atoms with Crippen LogP contribution in [0.5, 0.6) is 17.5 Å². The second-order valence-corrected chi connectivity index (χ2v) is 4.37. The Bertz CT molecular complexity index is 566. The topological polar surface area (TPSA) is 31.4 Å². The number of rotatable bonds is 3. The van der Waals surface area contributed by atoms with Crippen LogP contribution in [0.1, 0.15) is 17.5 Å². The minimum absolute atomic E-state index is 0.570. The van der Waals surface area contributed by atoms with Crippen molar-refractivity contribution in [1.29, 1.82) is 0 Å². The van der Waals surface area contributed by atoms with Crippen molar-refractivity contribution in [3.05, 3.63) is 47.5 Å². The summed E-state index contributed by atoms with van der Waals surface area (Å²) in [7, 11) is 1.60. The number of pyridine rings is 1. The molecule has 0 amide bonds. The molecule has 92 valence electrons. The smallest absolute Gasteiger partial charge is 0.222 e. The van der Waals surface area contributed by atoms with Gasteiger partial charge in [-0.1, -0.05) is 18.2 Å². The lowest BCUT2D eigenvalue weighted by atomic mass is 10.1. The Kier molecular flexibility index (Phi) is 2.89. The molecule has 0 spiro atoms. The van der Waals surface area contributed by atoms with Crippen LogP contribution in [0.3, 0.4) is 0 Å². The van der Waals surface area contributed by atoms with Crippen LogP contribution in [-0.4, -0.2) is 12.1 Å². The number of ether oxygens (including phenoxy) is 2. The van der Waals surface area contributed by atoms with E-state index < -0.39 is 0 Å². The summed E-state index contributed by atoms with van der Waals surface area (Å²) in [6.45, 7) is 0. The fraction of sp³-hybridized carbons (Fsp3) is 0.267. The van der Waals surface area contributed by atoms with Crippen molar-refractivity contribution >= 4 is 0 Å². The molecule has 1 aliphatic carbocycles. The SMILES string of the molecule is COc1cccc(Oc2cccc3c2CCC3)n1. The number of aryl methyl sites for hydroxylation is 1. The van der Waals surface area contributed by atoms with E-state index in [1.165, 1.54) is 17.5 Å². The molecule has 1 aromatic heterocycles. The second-order valence-electron chi connectivity index (χ2n) is 4.37. The number of nitrogens with zero attached hydrogens (tertiary/aromatic N) is 1. The van der Waals surface area contributed by atoms with Gasteiger partial charge in [-0.05, 0) is 36.5 Å². The summed E-state index contributed by atoms with van der Waals surface area (Å²) in [6.07, 6.45) is 3.45. The Labute approximate surface area is 106 Å². The summed E-state index contributed by atoms with van der Waals surface area (Å²) in [5.74, 6) is 2.07. The third-order valence-corrected chi connectivity index (χ3v) is 3.22. The van der Waals surface area contributed by atoms with Gasteiger partial charge in [0.2, 0.25) is 11.8 Å². The Morgan fingerprint density at radius 1 is 1.00 bits per heavy atom. The lowest BCUT2D eigenvalue weighted by Crippen LogP contribution is -1.94. The number of hydrogen-bond donors (Lipinski definition) is 0. The van der Waals surface area contributed by atoms with E-state index in [1.54, 1.807) is 7.11 Å². The molecule has 3 rings (SSSR count). The fourth-order valence-electron chi connectivity index (χ4n) is 2.36. The summed E-state index contributed by atoms with van der Waals surface area (Å²) in [5.41, 5.74) is 2.72. The highest BCUT2D eigenvalue weighted by molar-refractivity contribution is 5.44. The Morgan fingerprint density at radius 2 is 1.83 bits per heavy atom. The van der Waals surface area contributed by atoms with E-state index in [0.29, 0.717) is 11.8 Å². The van der Waals surface area contributed by atoms with Gasteiger partial charge in [-0.2, -0.15) is 4.98 Å². The number of hydrogen-bond acceptors (Lipinski definition) is 3. The molecule has 1 aromatic carbocycles. The van der Waals surface area contributed by atoms with Crippen LogP contribution in [0.2, 0.25) is 0 Å². The maximum atomic E-state index is 5.87. The highest BCUT2D eigenvalue weighted by atomic mass is 16.5. The lowest BCUT2D eigenvalue weighted by Gasteiger charge is -2.10. The first-order valence-corrected chi connectivity index (χ1v) is 6.16. The molecule has 0 radical (unpaired) electrons. The molecule has 1 heterocycles. The molecule has 0 fully saturated rings. The molecule has 3 heteroatoms.